The molecule has 1 aliphatic rings. The van der Waals surface area contributed by atoms with Crippen LogP contribution in [0.2, 0.25) is 0 Å². The molecule has 4 nitrogen and oxygen atoms in total. The van der Waals surface area contributed by atoms with Crippen molar-refractivity contribution in [1.82, 2.24) is 0 Å². The molecule has 0 spiro atoms. The molecule has 1 unspecified atom stereocenters. The molecule has 1 aliphatic heterocycles. The van der Waals surface area contributed by atoms with Gasteiger partial charge in [0.2, 0.25) is 0 Å². The molecule has 1 heterocycles. The van der Waals surface area contributed by atoms with Gasteiger partial charge in [-0.3, -0.25) is 0 Å². The molecule has 1 saturated heterocycles. The van der Waals surface area contributed by atoms with E-state index in [0.717, 1.165) is 28.2 Å². The van der Waals surface area contributed by atoms with Crippen molar-refractivity contribution in [2.24, 2.45) is 5.92 Å². The van der Waals surface area contributed by atoms with Gasteiger partial charge < -0.3 is 19.3 Å². The molecule has 4 rings (SSSR count). The van der Waals surface area contributed by atoms with Crippen LogP contribution in [0.5, 0.6) is 11.5 Å². The van der Waals surface area contributed by atoms with Crippen molar-refractivity contribution in [3.05, 3.63) is 95.6 Å². The number of methoxy groups -OCH3 is 2. The number of rotatable bonds is 7. The van der Waals surface area contributed by atoms with Crippen molar-refractivity contribution in [1.29, 1.82) is 0 Å². The van der Waals surface area contributed by atoms with Crippen molar-refractivity contribution in [3.63, 3.8) is 0 Å². The van der Waals surface area contributed by atoms with Crippen LogP contribution in [0.25, 0.3) is 0 Å². The third-order valence-corrected chi connectivity index (χ3v) is 6.71. The fourth-order valence-corrected chi connectivity index (χ4v) is 4.74. The minimum Gasteiger partial charge on any atom is -0.497 e. The van der Waals surface area contributed by atoms with Gasteiger partial charge in [-0.05, 0) is 47.4 Å². The minimum absolute atomic E-state index is 0.139. The average Bonchev–Trinajstić information content (AvgIpc) is 3.09. The fraction of sp³-hybridized carbons (Fsp3) is 0.333. The maximum Gasteiger partial charge on any atom is 0.118 e. The molecule has 0 saturated carbocycles. The molecule has 5 heteroatoms. The van der Waals surface area contributed by atoms with Crippen LogP contribution in [0.15, 0.2) is 78.9 Å². The van der Waals surface area contributed by atoms with Gasteiger partial charge in [0.05, 0.1) is 26.4 Å². The molecule has 0 bridgehead atoms. The summed E-state index contributed by atoms with van der Waals surface area (Å²) in [5, 5.41) is 11.0. The van der Waals surface area contributed by atoms with Crippen molar-refractivity contribution in [2.75, 3.05) is 14.2 Å². The van der Waals surface area contributed by atoms with E-state index in [2.05, 4.69) is 36.4 Å². The van der Waals surface area contributed by atoms with Crippen LogP contribution in [0.4, 0.5) is 0 Å². The molecule has 164 valence electrons. The SMILES string of the molecule is [B][C@@H]1O[C@H](CC(c2ccccc2)(c2ccc(OC)cc2)c2ccc(OC)cc2)C(O)[C@@H]1C. The molecular weight excluding hydrogens is 399 g/mol. The zero-order valence-corrected chi connectivity index (χ0v) is 18.8. The number of benzene rings is 3. The number of aliphatic hydroxyl groups is 1. The molecule has 32 heavy (non-hydrogen) atoms. The minimum atomic E-state index is -0.649. The summed E-state index contributed by atoms with van der Waals surface area (Å²) in [6, 6.07) is 26.1. The second-order valence-corrected chi connectivity index (χ2v) is 8.42. The Balaban J connectivity index is 1.92. The Morgan fingerprint density at radius 3 is 1.69 bits per heavy atom. The summed E-state index contributed by atoms with van der Waals surface area (Å²) < 4.78 is 16.9. The lowest BCUT2D eigenvalue weighted by molar-refractivity contribution is 0.0178. The summed E-state index contributed by atoms with van der Waals surface area (Å²) in [7, 11) is 9.48. The lowest BCUT2D eigenvalue weighted by atomic mass is 9.65. The van der Waals surface area contributed by atoms with E-state index in [1.165, 1.54) is 0 Å². The third-order valence-electron chi connectivity index (χ3n) is 6.71. The number of hydrogen-bond donors (Lipinski definition) is 1. The van der Waals surface area contributed by atoms with Gasteiger partial charge in [0.1, 0.15) is 19.3 Å². The van der Waals surface area contributed by atoms with Gasteiger partial charge in [-0.2, -0.15) is 0 Å². The Labute approximate surface area is 191 Å². The van der Waals surface area contributed by atoms with E-state index in [9.17, 15) is 5.11 Å². The second-order valence-electron chi connectivity index (χ2n) is 8.42. The summed E-state index contributed by atoms with van der Waals surface area (Å²) in [6.07, 6.45) is -0.525. The maximum atomic E-state index is 11.0. The first kappa shape index (κ1) is 22.4. The van der Waals surface area contributed by atoms with Gasteiger partial charge in [0.25, 0.3) is 0 Å². The van der Waals surface area contributed by atoms with Gasteiger partial charge in [-0.15, -0.1) is 0 Å². The molecular formula is C27H29BO4. The summed E-state index contributed by atoms with van der Waals surface area (Å²) in [5.41, 5.74) is 2.70. The highest BCUT2D eigenvalue weighted by Crippen LogP contribution is 2.46. The Morgan fingerprint density at radius 1 is 0.812 bits per heavy atom. The van der Waals surface area contributed by atoms with Gasteiger partial charge >= 0.3 is 0 Å². The van der Waals surface area contributed by atoms with Gasteiger partial charge in [0, 0.05) is 17.3 Å². The molecule has 2 radical (unpaired) electrons. The van der Waals surface area contributed by atoms with E-state index in [-0.39, 0.29) is 5.92 Å². The first-order valence-electron chi connectivity index (χ1n) is 10.9. The van der Waals surface area contributed by atoms with Crippen LogP contribution in [-0.4, -0.2) is 45.4 Å². The van der Waals surface area contributed by atoms with Gasteiger partial charge in [-0.1, -0.05) is 61.5 Å². The van der Waals surface area contributed by atoms with E-state index in [1.54, 1.807) is 14.2 Å². The molecule has 0 amide bonds. The van der Waals surface area contributed by atoms with Crippen LogP contribution < -0.4 is 9.47 Å². The quantitative estimate of drug-likeness (QED) is 0.450. The topological polar surface area (TPSA) is 47.9 Å². The van der Waals surface area contributed by atoms with Crippen LogP contribution >= 0.6 is 0 Å². The lowest BCUT2D eigenvalue weighted by Crippen LogP contribution is -2.38. The first-order chi connectivity index (χ1) is 15.5. The number of ether oxygens (including phenoxy) is 3. The number of hydrogen-bond acceptors (Lipinski definition) is 4. The van der Waals surface area contributed by atoms with E-state index in [0.29, 0.717) is 6.42 Å². The molecule has 3 aromatic rings. The van der Waals surface area contributed by atoms with Crippen molar-refractivity contribution in [2.45, 2.75) is 37.0 Å². The van der Waals surface area contributed by atoms with E-state index in [1.807, 2.05) is 49.4 Å². The fourth-order valence-electron chi connectivity index (χ4n) is 4.74. The van der Waals surface area contributed by atoms with Crippen LogP contribution in [0, 0.1) is 5.92 Å². The Hall–Kier alpha value is -2.76. The molecule has 0 aromatic heterocycles. The summed E-state index contributed by atoms with van der Waals surface area (Å²) in [4.78, 5) is 0. The predicted molar refractivity (Wildman–Crippen MR) is 127 cm³/mol. The maximum absolute atomic E-state index is 11.0. The van der Waals surface area contributed by atoms with E-state index < -0.39 is 23.6 Å². The molecule has 0 aliphatic carbocycles. The standard InChI is InChI=1S/C27H29BO4/c1-18-25(29)24(32-26(18)28)17-27(19-7-5-4-6-8-19,20-9-13-22(30-2)14-10-20)21-11-15-23(31-3)16-12-21/h4-16,18,24-26,29H,17H2,1-3H3/t18-,24+,25?,26+/m0/s1. The molecule has 1 N–H and O–H groups in total. The molecule has 3 aromatic carbocycles. The van der Waals surface area contributed by atoms with Gasteiger partial charge in [-0.25, -0.2) is 0 Å². The largest absolute Gasteiger partial charge is 0.497 e. The summed E-state index contributed by atoms with van der Waals surface area (Å²) >= 11 is 0. The molecule has 4 atom stereocenters. The van der Waals surface area contributed by atoms with E-state index in [4.69, 9.17) is 22.1 Å². The van der Waals surface area contributed by atoms with Crippen molar-refractivity contribution < 1.29 is 19.3 Å². The predicted octanol–water partition coefficient (Wildman–Crippen LogP) is 4.32. The number of aliphatic hydroxyl groups excluding tert-OH is 1. The third kappa shape index (κ3) is 4.03. The van der Waals surface area contributed by atoms with Crippen LogP contribution in [-0.2, 0) is 10.2 Å². The smallest absolute Gasteiger partial charge is 0.118 e. The highest BCUT2D eigenvalue weighted by atomic mass is 16.5. The zero-order valence-electron chi connectivity index (χ0n) is 18.8. The monoisotopic (exact) mass is 428 g/mol. The first-order valence-corrected chi connectivity index (χ1v) is 10.9. The lowest BCUT2D eigenvalue weighted by Gasteiger charge is -2.38. The van der Waals surface area contributed by atoms with Gasteiger partial charge in [0.15, 0.2) is 0 Å². The Bertz CT molecular complexity index is 957. The Kier molecular flexibility index (Phi) is 6.59. The zero-order chi connectivity index (χ0) is 22.7. The van der Waals surface area contributed by atoms with Crippen LogP contribution in [0.3, 0.4) is 0 Å². The average molecular weight is 428 g/mol. The Morgan fingerprint density at radius 2 is 1.28 bits per heavy atom. The second kappa shape index (κ2) is 9.39. The highest BCUT2D eigenvalue weighted by Gasteiger charge is 2.45. The normalized spacial score (nSPS) is 23.1. The summed E-state index contributed by atoms with van der Waals surface area (Å²) in [5.74, 6) is 1.44. The van der Waals surface area contributed by atoms with E-state index >= 15 is 0 Å². The van der Waals surface area contributed by atoms with Crippen LogP contribution in [0.1, 0.15) is 30.0 Å². The highest BCUT2D eigenvalue weighted by molar-refractivity contribution is 6.11. The molecule has 1 fully saturated rings. The van der Waals surface area contributed by atoms with Crippen molar-refractivity contribution >= 4 is 7.85 Å². The van der Waals surface area contributed by atoms with Crippen molar-refractivity contribution in [3.8, 4) is 11.5 Å². The summed E-state index contributed by atoms with van der Waals surface area (Å²) in [6.45, 7) is 1.93.